The van der Waals surface area contributed by atoms with Crippen molar-refractivity contribution in [2.45, 2.75) is 6.92 Å². The van der Waals surface area contributed by atoms with Crippen molar-refractivity contribution in [3.63, 3.8) is 0 Å². The molecule has 1 atom stereocenters. The molecule has 0 radical (unpaired) electrons. The number of rotatable bonds is 5. The number of carbonyl (C=O) groups is 1. The molecule has 0 saturated carbocycles. The van der Waals surface area contributed by atoms with Crippen molar-refractivity contribution in [3.05, 3.63) is 82.2 Å². The van der Waals surface area contributed by atoms with Crippen LogP contribution in [0.25, 0.3) is 28.6 Å². The molecule has 2 heterocycles. The minimum atomic E-state index is -1.09. The van der Waals surface area contributed by atoms with Crippen LogP contribution in [0.5, 0.6) is 17.2 Å². The zero-order valence-corrected chi connectivity index (χ0v) is 20.4. The zero-order chi connectivity index (χ0) is 24.0. The van der Waals surface area contributed by atoms with Gasteiger partial charge in [-0.15, -0.1) is 0 Å². The molecule has 0 aliphatic carbocycles. The third-order valence-electron chi connectivity index (χ3n) is 6.49. The summed E-state index contributed by atoms with van der Waals surface area (Å²) in [6.07, 6.45) is 4.46. The van der Waals surface area contributed by atoms with E-state index in [2.05, 4.69) is 43.1 Å². The molecule has 3 aromatic carbocycles. The molecule has 6 heteroatoms. The number of ether oxygens (including phenoxy) is 3. The maximum Gasteiger partial charge on any atom is 0.335 e. The summed E-state index contributed by atoms with van der Waals surface area (Å²) in [5.74, 6) is 3.59. The van der Waals surface area contributed by atoms with Crippen LogP contribution in [0.2, 0.25) is 0 Å². The van der Waals surface area contributed by atoms with Crippen molar-refractivity contribution in [1.29, 1.82) is 0 Å². The predicted octanol–water partition coefficient (Wildman–Crippen LogP) is 6.33. The smallest absolute Gasteiger partial charge is 0.335 e. The molecule has 3 aromatic rings. The van der Waals surface area contributed by atoms with Gasteiger partial charge in [0.2, 0.25) is 0 Å². The Morgan fingerprint density at radius 2 is 1.44 bits per heavy atom. The molecule has 0 bridgehead atoms. The molecule has 0 amide bonds. The van der Waals surface area contributed by atoms with E-state index in [1.807, 2.05) is 18.2 Å². The van der Waals surface area contributed by atoms with Crippen molar-refractivity contribution in [2.75, 3.05) is 21.3 Å². The van der Waals surface area contributed by atoms with Gasteiger partial charge in [-0.25, -0.2) is 4.79 Å². The largest absolute Gasteiger partial charge is 0.496 e. The first-order valence-electron chi connectivity index (χ1n) is 10.9. The number of fused-ring (bicyclic) bond motifs is 4. The van der Waals surface area contributed by atoms with Gasteiger partial charge in [0.25, 0.3) is 0 Å². The molecular formula is C28H25O5P. The average Bonchev–Trinajstić information content (AvgIpc) is 2.87. The van der Waals surface area contributed by atoms with Gasteiger partial charge in [0.15, 0.2) is 11.5 Å². The SMILES string of the molecule is COc1cc2c(cc1OC)C(C)=[PH]1C=Cc3cc(OC)c(-c4ccc(C(=O)O)cc4)cc3C1=C2. The van der Waals surface area contributed by atoms with Crippen LogP contribution in [0.15, 0.2) is 54.3 Å². The number of carboxylic acid groups (broad SMARTS) is 1. The highest BCUT2D eigenvalue weighted by atomic mass is 31.1. The molecule has 0 aromatic heterocycles. The molecule has 0 spiro atoms. The first kappa shape index (κ1) is 22.1. The Morgan fingerprint density at radius 3 is 2.09 bits per heavy atom. The van der Waals surface area contributed by atoms with Gasteiger partial charge in [-0.05, 0) is 87.8 Å². The fraction of sp³-hybridized carbons (Fsp3) is 0.143. The van der Waals surface area contributed by atoms with E-state index in [0.29, 0.717) is 5.75 Å². The van der Waals surface area contributed by atoms with Gasteiger partial charge < -0.3 is 19.3 Å². The highest BCUT2D eigenvalue weighted by molar-refractivity contribution is 7.73. The standard InChI is InChI=1S/C28H25O5P/c1-16-21-15-26(33-4)25(32-3)12-20(21)13-27-23-14-22(17-5-7-18(8-6-17)28(29)30)24(31-2)11-19(23)9-10-34(16)27/h5-15,34H,1-4H3,(H,29,30). The lowest BCUT2D eigenvalue weighted by Gasteiger charge is -2.27. The molecule has 5 nitrogen and oxygen atoms in total. The number of carboxylic acids is 1. The summed E-state index contributed by atoms with van der Waals surface area (Å²) in [7, 11) is 3.88. The normalized spacial score (nSPS) is 15.6. The van der Waals surface area contributed by atoms with E-state index < -0.39 is 13.5 Å². The summed E-state index contributed by atoms with van der Waals surface area (Å²) in [6, 6.07) is 15.2. The Kier molecular flexibility index (Phi) is 5.59. The van der Waals surface area contributed by atoms with Crippen molar-refractivity contribution in [3.8, 4) is 28.4 Å². The lowest BCUT2D eigenvalue weighted by molar-refractivity contribution is 0.0697. The second kappa shape index (κ2) is 8.58. The second-order valence-corrected chi connectivity index (χ2v) is 10.7. The van der Waals surface area contributed by atoms with E-state index in [9.17, 15) is 9.90 Å². The maximum absolute atomic E-state index is 11.3. The number of methoxy groups -OCH3 is 3. The molecule has 172 valence electrons. The van der Waals surface area contributed by atoms with E-state index in [0.717, 1.165) is 33.8 Å². The van der Waals surface area contributed by atoms with Crippen LogP contribution in [0, 0.1) is 0 Å². The summed E-state index contributed by atoms with van der Waals surface area (Å²) >= 11 is 0. The van der Waals surface area contributed by atoms with Crippen LogP contribution in [0.4, 0.5) is 0 Å². The molecule has 0 saturated heterocycles. The van der Waals surface area contributed by atoms with Gasteiger partial charge in [0, 0.05) is 5.56 Å². The third-order valence-corrected chi connectivity index (χ3v) is 9.06. The van der Waals surface area contributed by atoms with E-state index >= 15 is 0 Å². The van der Waals surface area contributed by atoms with Crippen LogP contribution in [0.3, 0.4) is 0 Å². The van der Waals surface area contributed by atoms with Gasteiger partial charge in [-0.2, -0.15) is 0 Å². The zero-order valence-electron chi connectivity index (χ0n) is 19.4. The Bertz CT molecular complexity index is 1430. The first-order chi connectivity index (χ1) is 16.4. The first-order valence-corrected chi connectivity index (χ1v) is 12.5. The quantitative estimate of drug-likeness (QED) is 0.440. The summed E-state index contributed by atoms with van der Waals surface area (Å²) < 4.78 is 16.8. The third kappa shape index (κ3) is 3.53. The number of hydrogen-bond acceptors (Lipinski definition) is 4. The molecule has 2 aliphatic rings. The fourth-order valence-electron chi connectivity index (χ4n) is 4.68. The van der Waals surface area contributed by atoms with E-state index in [1.165, 1.54) is 21.7 Å². The van der Waals surface area contributed by atoms with Gasteiger partial charge >= 0.3 is 5.97 Å². The molecular weight excluding hydrogens is 447 g/mol. The number of aromatic carboxylic acids is 1. The van der Waals surface area contributed by atoms with Gasteiger partial charge in [0.1, 0.15) is 5.75 Å². The highest BCUT2D eigenvalue weighted by Crippen LogP contribution is 2.55. The van der Waals surface area contributed by atoms with E-state index in [-0.39, 0.29) is 5.56 Å². The van der Waals surface area contributed by atoms with Gasteiger partial charge in [-0.3, -0.25) is 0 Å². The second-order valence-electron chi connectivity index (χ2n) is 8.25. The Hall–Kier alpha value is -3.69. The van der Waals surface area contributed by atoms with Gasteiger partial charge in [-0.1, -0.05) is 31.6 Å². The van der Waals surface area contributed by atoms with Crippen molar-refractivity contribution >= 4 is 36.3 Å². The van der Waals surface area contributed by atoms with Crippen LogP contribution in [0.1, 0.15) is 39.5 Å². The van der Waals surface area contributed by atoms with Crippen molar-refractivity contribution in [2.24, 2.45) is 0 Å². The van der Waals surface area contributed by atoms with Crippen LogP contribution in [-0.2, 0) is 0 Å². The average molecular weight is 472 g/mol. The molecule has 1 N–H and O–H groups in total. The summed E-state index contributed by atoms with van der Waals surface area (Å²) in [4.78, 5) is 11.3. The number of hydrogen-bond donors (Lipinski definition) is 1. The van der Waals surface area contributed by atoms with Crippen LogP contribution in [-0.4, -0.2) is 37.7 Å². The molecule has 1 unspecified atom stereocenters. The molecule has 2 aliphatic heterocycles. The monoisotopic (exact) mass is 472 g/mol. The summed E-state index contributed by atoms with van der Waals surface area (Å²) in [5, 5.41) is 11.9. The minimum Gasteiger partial charge on any atom is -0.496 e. The van der Waals surface area contributed by atoms with E-state index in [4.69, 9.17) is 14.2 Å². The number of benzene rings is 3. The van der Waals surface area contributed by atoms with Gasteiger partial charge in [0.05, 0.1) is 26.9 Å². The Morgan fingerprint density at radius 1 is 0.794 bits per heavy atom. The van der Waals surface area contributed by atoms with Crippen LogP contribution >= 0.6 is 7.55 Å². The highest BCUT2D eigenvalue weighted by Gasteiger charge is 2.24. The van der Waals surface area contributed by atoms with Crippen LogP contribution < -0.4 is 14.2 Å². The maximum atomic E-state index is 11.3. The lowest BCUT2D eigenvalue weighted by atomic mass is 9.95. The van der Waals surface area contributed by atoms with Crippen molar-refractivity contribution < 1.29 is 24.1 Å². The Labute approximate surface area is 199 Å². The summed E-state index contributed by atoms with van der Waals surface area (Å²) in [5.41, 5.74) is 6.71. The fourth-order valence-corrected chi connectivity index (χ4v) is 7.19. The predicted molar refractivity (Wildman–Crippen MR) is 140 cm³/mol. The Balaban J connectivity index is 1.70. The summed E-state index contributed by atoms with van der Waals surface area (Å²) in [6.45, 7) is 2.20. The molecule has 0 fully saturated rings. The van der Waals surface area contributed by atoms with Crippen molar-refractivity contribution in [1.82, 2.24) is 0 Å². The lowest BCUT2D eigenvalue weighted by Crippen LogP contribution is -2.06. The topological polar surface area (TPSA) is 65.0 Å². The molecule has 34 heavy (non-hydrogen) atoms. The molecule has 5 rings (SSSR count). The minimum absolute atomic E-state index is 0.260. The van der Waals surface area contributed by atoms with E-state index in [1.54, 1.807) is 33.5 Å².